The third-order valence-corrected chi connectivity index (χ3v) is 4.32. The second-order valence-electron chi connectivity index (χ2n) is 4.92. The largest absolute Gasteiger partial charge is 0.454 e. The molecule has 0 aliphatic carbocycles. The highest BCUT2D eigenvalue weighted by atomic mass is 35.5. The van der Waals surface area contributed by atoms with Gasteiger partial charge in [-0.1, -0.05) is 35.5 Å². The van der Waals surface area contributed by atoms with E-state index in [0.29, 0.717) is 30.3 Å². The van der Waals surface area contributed by atoms with Gasteiger partial charge in [0.05, 0.1) is 0 Å². The molecule has 0 saturated carbocycles. The summed E-state index contributed by atoms with van der Waals surface area (Å²) in [6.45, 7) is 0.531. The zero-order valence-electron chi connectivity index (χ0n) is 12.4. The average molecular weight is 357 g/mol. The molecule has 1 heterocycles. The van der Waals surface area contributed by atoms with Gasteiger partial charge in [0.15, 0.2) is 6.61 Å². The summed E-state index contributed by atoms with van der Waals surface area (Å²) in [5.74, 6) is -0.264. The number of hydrogen-bond donors (Lipinski definition) is 1. The van der Waals surface area contributed by atoms with Crippen LogP contribution < -0.4 is 5.32 Å². The Labute approximate surface area is 143 Å². The van der Waals surface area contributed by atoms with Crippen LogP contribution in [0.2, 0.25) is 5.02 Å². The summed E-state index contributed by atoms with van der Waals surface area (Å²) in [5.41, 5.74) is 1.05. The van der Waals surface area contributed by atoms with Crippen molar-refractivity contribution in [2.24, 2.45) is 0 Å². The molecule has 2 amide bonds. The quantitative estimate of drug-likeness (QED) is 0.753. The van der Waals surface area contributed by atoms with Crippen molar-refractivity contribution in [2.45, 2.75) is 6.42 Å². The molecule has 1 aliphatic rings. The molecule has 0 unspecified atom stereocenters. The van der Waals surface area contributed by atoms with E-state index in [1.807, 2.05) is 12.1 Å². The predicted octanol–water partition coefficient (Wildman–Crippen LogP) is 1.71. The first kappa shape index (κ1) is 17.6. The molecule has 8 heteroatoms. The standard InChI is InChI=1S/C15H17ClN2O4S/c16-12-3-1-11(2-4-12)5-6-17-13(19)10-22-14(20)9-18-7-8-23-15(18)21/h1-4H,5-10H2,(H,17,19). The van der Waals surface area contributed by atoms with E-state index in [1.165, 1.54) is 16.7 Å². The molecule has 6 nitrogen and oxygen atoms in total. The Hall–Kier alpha value is -1.73. The maximum absolute atomic E-state index is 11.6. The highest BCUT2D eigenvalue weighted by Gasteiger charge is 2.24. The fourth-order valence-corrected chi connectivity index (χ4v) is 2.92. The van der Waals surface area contributed by atoms with E-state index in [4.69, 9.17) is 16.3 Å². The number of carbonyl (C=O) groups is 3. The van der Waals surface area contributed by atoms with Gasteiger partial charge in [0, 0.05) is 23.9 Å². The molecule has 0 atom stereocenters. The summed E-state index contributed by atoms with van der Waals surface area (Å²) in [5, 5.41) is 3.21. The number of thioether (sulfide) groups is 1. The fourth-order valence-electron chi connectivity index (χ4n) is 1.97. The molecule has 0 aromatic heterocycles. The Kier molecular flexibility index (Phi) is 6.73. The number of nitrogens with one attached hydrogen (secondary N) is 1. The summed E-state index contributed by atoms with van der Waals surface area (Å²) in [4.78, 5) is 35.9. The van der Waals surface area contributed by atoms with Gasteiger partial charge in [-0.2, -0.15) is 0 Å². The minimum absolute atomic E-state index is 0.107. The van der Waals surface area contributed by atoms with E-state index in [0.717, 1.165) is 5.56 Å². The van der Waals surface area contributed by atoms with Gasteiger partial charge < -0.3 is 15.0 Å². The van der Waals surface area contributed by atoms with E-state index in [1.54, 1.807) is 12.1 Å². The Morgan fingerprint density at radius 3 is 2.70 bits per heavy atom. The molecule has 0 spiro atoms. The molecular formula is C15H17ClN2O4S. The zero-order valence-corrected chi connectivity index (χ0v) is 14.0. The fraction of sp³-hybridized carbons (Fsp3) is 0.400. The number of halogens is 1. The van der Waals surface area contributed by atoms with Crippen LogP contribution in [0.3, 0.4) is 0 Å². The minimum Gasteiger partial charge on any atom is -0.454 e. The van der Waals surface area contributed by atoms with Crippen LogP contribution in [0.4, 0.5) is 4.79 Å². The lowest BCUT2D eigenvalue weighted by Gasteiger charge is -2.13. The van der Waals surface area contributed by atoms with Gasteiger partial charge in [-0.05, 0) is 24.1 Å². The first-order valence-corrected chi connectivity index (χ1v) is 8.49. The highest BCUT2D eigenvalue weighted by molar-refractivity contribution is 8.13. The summed E-state index contributed by atoms with van der Waals surface area (Å²) in [7, 11) is 0. The van der Waals surface area contributed by atoms with E-state index in [-0.39, 0.29) is 24.3 Å². The van der Waals surface area contributed by atoms with Crippen molar-refractivity contribution in [1.82, 2.24) is 10.2 Å². The number of carbonyl (C=O) groups excluding carboxylic acids is 3. The summed E-state index contributed by atoms with van der Waals surface area (Å²) in [6, 6.07) is 7.36. The monoisotopic (exact) mass is 356 g/mol. The Morgan fingerprint density at radius 2 is 2.04 bits per heavy atom. The number of amides is 2. The van der Waals surface area contributed by atoms with Crippen LogP contribution in [-0.4, -0.2) is 54.0 Å². The van der Waals surface area contributed by atoms with Crippen LogP contribution in [0.25, 0.3) is 0 Å². The lowest BCUT2D eigenvalue weighted by atomic mass is 10.1. The molecule has 1 saturated heterocycles. The number of rotatable bonds is 7. The number of ether oxygens (including phenoxy) is 1. The third-order valence-electron chi connectivity index (χ3n) is 3.18. The summed E-state index contributed by atoms with van der Waals surface area (Å²) >= 11 is 6.97. The summed E-state index contributed by atoms with van der Waals surface area (Å²) in [6.07, 6.45) is 0.663. The molecule has 1 aliphatic heterocycles. The lowest BCUT2D eigenvalue weighted by molar-refractivity contribution is -0.148. The highest BCUT2D eigenvalue weighted by Crippen LogP contribution is 2.16. The van der Waals surface area contributed by atoms with Crippen molar-refractivity contribution >= 4 is 40.5 Å². The Morgan fingerprint density at radius 1 is 1.30 bits per heavy atom. The van der Waals surface area contributed by atoms with E-state index in [9.17, 15) is 14.4 Å². The molecule has 1 aromatic rings. The van der Waals surface area contributed by atoms with Gasteiger partial charge in [0.25, 0.3) is 11.1 Å². The van der Waals surface area contributed by atoms with Crippen molar-refractivity contribution in [2.75, 3.05) is 32.0 Å². The third kappa shape index (κ3) is 6.11. The average Bonchev–Trinajstić information content (AvgIpc) is 2.92. The number of hydrogen-bond acceptors (Lipinski definition) is 5. The molecule has 1 fully saturated rings. The van der Waals surface area contributed by atoms with Crippen LogP contribution >= 0.6 is 23.4 Å². The smallest absolute Gasteiger partial charge is 0.326 e. The van der Waals surface area contributed by atoms with Gasteiger partial charge in [0.1, 0.15) is 6.54 Å². The number of benzene rings is 1. The van der Waals surface area contributed by atoms with Crippen molar-refractivity contribution in [3.8, 4) is 0 Å². The van der Waals surface area contributed by atoms with E-state index in [2.05, 4.69) is 5.32 Å². The van der Waals surface area contributed by atoms with Crippen LogP contribution in [0, 0.1) is 0 Å². The van der Waals surface area contributed by atoms with Crippen molar-refractivity contribution in [1.29, 1.82) is 0 Å². The zero-order chi connectivity index (χ0) is 16.7. The molecule has 124 valence electrons. The molecule has 1 N–H and O–H groups in total. The molecule has 0 bridgehead atoms. The van der Waals surface area contributed by atoms with Crippen molar-refractivity contribution in [3.05, 3.63) is 34.9 Å². The van der Waals surface area contributed by atoms with Gasteiger partial charge in [-0.15, -0.1) is 0 Å². The van der Waals surface area contributed by atoms with Crippen molar-refractivity contribution in [3.63, 3.8) is 0 Å². The normalized spacial score (nSPS) is 14.0. The number of esters is 1. The molecule has 23 heavy (non-hydrogen) atoms. The van der Waals surface area contributed by atoms with Gasteiger partial charge in [-0.3, -0.25) is 14.4 Å². The second-order valence-corrected chi connectivity index (χ2v) is 6.41. The van der Waals surface area contributed by atoms with Crippen LogP contribution in [0.5, 0.6) is 0 Å². The Balaban J connectivity index is 1.60. The van der Waals surface area contributed by atoms with E-state index < -0.39 is 5.97 Å². The van der Waals surface area contributed by atoms with Gasteiger partial charge in [0.2, 0.25) is 0 Å². The molecule has 2 rings (SSSR count). The topological polar surface area (TPSA) is 75.7 Å². The first-order chi connectivity index (χ1) is 11.0. The van der Waals surface area contributed by atoms with Crippen LogP contribution in [0.1, 0.15) is 5.56 Å². The SMILES string of the molecule is O=C(COC(=O)CN1CCSC1=O)NCCc1ccc(Cl)cc1. The van der Waals surface area contributed by atoms with Crippen LogP contribution in [-0.2, 0) is 20.7 Å². The maximum atomic E-state index is 11.6. The Bertz CT molecular complexity index is 579. The van der Waals surface area contributed by atoms with E-state index >= 15 is 0 Å². The summed E-state index contributed by atoms with van der Waals surface area (Å²) < 4.78 is 4.86. The molecular weight excluding hydrogens is 340 g/mol. The first-order valence-electron chi connectivity index (χ1n) is 7.13. The van der Waals surface area contributed by atoms with Crippen molar-refractivity contribution < 1.29 is 19.1 Å². The van der Waals surface area contributed by atoms with Gasteiger partial charge in [-0.25, -0.2) is 0 Å². The predicted molar refractivity (Wildman–Crippen MR) is 88.6 cm³/mol. The second kappa shape index (κ2) is 8.79. The molecule has 0 radical (unpaired) electrons. The minimum atomic E-state index is -0.575. The van der Waals surface area contributed by atoms with Gasteiger partial charge >= 0.3 is 5.97 Å². The maximum Gasteiger partial charge on any atom is 0.326 e. The van der Waals surface area contributed by atoms with Crippen LogP contribution in [0.15, 0.2) is 24.3 Å². The molecule has 1 aromatic carbocycles. The number of nitrogens with zero attached hydrogens (tertiary/aromatic N) is 1. The lowest BCUT2D eigenvalue weighted by Crippen LogP contribution is -2.34.